The highest BCUT2D eigenvalue weighted by Gasteiger charge is 2.10. The Balaban J connectivity index is 1.82. The molecule has 0 aliphatic rings. The number of para-hydroxylation sites is 2. The number of anilines is 1. The predicted octanol–water partition coefficient (Wildman–Crippen LogP) is 2.73. The van der Waals surface area contributed by atoms with Gasteiger partial charge >= 0.3 is 0 Å². The summed E-state index contributed by atoms with van der Waals surface area (Å²) in [7, 11) is 0. The lowest BCUT2D eigenvalue weighted by atomic mass is 10.1. The van der Waals surface area contributed by atoms with Crippen LogP contribution in [0.25, 0.3) is 0 Å². The molecule has 4 nitrogen and oxygen atoms in total. The zero-order valence-electron chi connectivity index (χ0n) is 10.8. The minimum Gasteiger partial charge on any atom is -0.492 e. The number of nitrogens with two attached hydrogens (primary N) is 1. The Labute approximate surface area is 122 Å². The Hall–Kier alpha value is -2.20. The van der Waals surface area contributed by atoms with Crippen LogP contribution in [0, 0.1) is 0 Å². The second-order valence-electron chi connectivity index (χ2n) is 4.12. The molecule has 0 saturated carbocycles. The van der Waals surface area contributed by atoms with E-state index in [1.807, 2.05) is 30.3 Å². The van der Waals surface area contributed by atoms with E-state index < -0.39 is 0 Å². The molecule has 0 aliphatic heterocycles. The molecule has 2 rings (SSSR count). The maximum absolute atomic E-state index is 11.9. The van der Waals surface area contributed by atoms with Crippen molar-refractivity contribution < 1.29 is 9.53 Å². The van der Waals surface area contributed by atoms with Crippen LogP contribution in [0.2, 0.25) is 5.02 Å². The lowest BCUT2D eigenvalue weighted by Gasteiger charge is -2.09. The standard InChI is InChI=1S/C15H15ClN2O2/c16-13-8-4-7-12(14(13)17)15(19)18-9-10-20-11-5-2-1-3-6-11/h1-8H,9-10,17H2,(H,18,19). The SMILES string of the molecule is Nc1c(Cl)cccc1C(=O)NCCOc1ccccc1. The molecule has 20 heavy (non-hydrogen) atoms. The Morgan fingerprint density at radius 1 is 1.15 bits per heavy atom. The summed E-state index contributed by atoms with van der Waals surface area (Å²) in [5.41, 5.74) is 6.41. The third kappa shape index (κ3) is 3.65. The van der Waals surface area contributed by atoms with Crippen molar-refractivity contribution in [2.45, 2.75) is 0 Å². The van der Waals surface area contributed by atoms with Crippen LogP contribution in [0.1, 0.15) is 10.4 Å². The van der Waals surface area contributed by atoms with Gasteiger partial charge in [-0.25, -0.2) is 0 Å². The molecule has 0 aromatic heterocycles. The largest absolute Gasteiger partial charge is 0.492 e. The molecule has 5 heteroatoms. The van der Waals surface area contributed by atoms with Gasteiger partial charge in [0.1, 0.15) is 12.4 Å². The fraction of sp³-hybridized carbons (Fsp3) is 0.133. The predicted molar refractivity (Wildman–Crippen MR) is 80.1 cm³/mol. The molecule has 104 valence electrons. The topological polar surface area (TPSA) is 64.4 Å². The molecule has 1 amide bonds. The highest BCUT2D eigenvalue weighted by molar-refractivity contribution is 6.33. The number of nitrogens with one attached hydrogen (secondary N) is 1. The first-order valence-corrected chi connectivity index (χ1v) is 6.56. The van der Waals surface area contributed by atoms with E-state index in [4.69, 9.17) is 22.1 Å². The maximum Gasteiger partial charge on any atom is 0.253 e. The number of carbonyl (C=O) groups excluding carboxylic acids is 1. The van der Waals surface area contributed by atoms with Crippen LogP contribution in [0.3, 0.4) is 0 Å². The molecule has 0 atom stereocenters. The molecule has 3 N–H and O–H groups in total. The molecule has 2 aromatic rings. The highest BCUT2D eigenvalue weighted by Crippen LogP contribution is 2.22. The summed E-state index contributed by atoms with van der Waals surface area (Å²) in [6, 6.07) is 14.4. The lowest BCUT2D eigenvalue weighted by molar-refractivity contribution is 0.0948. The minimum atomic E-state index is -0.262. The van der Waals surface area contributed by atoms with Gasteiger partial charge in [-0.2, -0.15) is 0 Å². The maximum atomic E-state index is 11.9. The van der Waals surface area contributed by atoms with Crippen molar-refractivity contribution in [1.82, 2.24) is 5.32 Å². The van der Waals surface area contributed by atoms with Crippen molar-refractivity contribution in [3.63, 3.8) is 0 Å². The number of hydrogen-bond donors (Lipinski definition) is 2. The van der Waals surface area contributed by atoms with E-state index in [-0.39, 0.29) is 11.6 Å². The second-order valence-corrected chi connectivity index (χ2v) is 4.53. The molecule has 0 spiro atoms. The van der Waals surface area contributed by atoms with Gasteiger partial charge < -0.3 is 15.8 Å². The van der Waals surface area contributed by atoms with E-state index in [0.29, 0.717) is 23.7 Å². The number of nitrogen functional groups attached to an aromatic ring is 1. The summed E-state index contributed by atoms with van der Waals surface area (Å²) >= 11 is 5.87. The van der Waals surface area contributed by atoms with E-state index in [2.05, 4.69) is 5.32 Å². The van der Waals surface area contributed by atoms with Gasteiger partial charge in [0.15, 0.2) is 0 Å². The van der Waals surface area contributed by atoms with Crippen molar-refractivity contribution in [2.24, 2.45) is 0 Å². The smallest absolute Gasteiger partial charge is 0.253 e. The molecule has 0 fully saturated rings. The number of carbonyl (C=O) groups is 1. The minimum absolute atomic E-state index is 0.262. The number of amides is 1. The summed E-state index contributed by atoms with van der Waals surface area (Å²) in [5, 5.41) is 3.11. The van der Waals surface area contributed by atoms with Gasteiger partial charge in [-0.3, -0.25) is 4.79 Å². The first-order valence-electron chi connectivity index (χ1n) is 6.18. The summed E-state index contributed by atoms with van der Waals surface area (Å²) in [6.07, 6.45) is 0. The number of rotatable bonds is 5. The van der Waals surface area contributed by atoms with E-state index in [1.165, 1.54) is 0 Å². The zero-order chi connectivity index (χ0) is 14.4. The summed E-state index contributed by atoms with van der Waals surface area (Å²) in [5.74, 6) is 0.505. The number of ether oxygens (including phenoxy) is 1. The van der Waals surface area contributed by atoms with Gasteiger partial charge in [0.25, 0.3) is 5.91 Å². The first-order chi connectivity index (χ1) is 9.68. The zero-order valence-corrected chi connectivity index (χ0v) is 11.6. The molecule has 0 radical (unpaired) electrons. The van der Waals surface area contributed by atoms with Gasteiger partial charge in [-0.15, -0.1) is 0 Å². The summed E-state index contributed by atoms with van der Waals surface area (Å²) in [6.45, 7) is 0.774. The molecule has 2 aromatic carbocycles. The van der Waals surface area contributed by atoms with E-state index >= 15 is 0 Å². The molecule has 0 bridgehead atoms. The van der Waals surface area contributed by atoms with Crippen LogP contribution < -0.4 is 15.8 Å². The monoisotopic (exact) mass is 290 g/mol. The van der Waals surface area contributed by atoms with Crippen LogP contribution in [-0.4, -0.2) is 19.1 Å². The Kier molecular flexibility index (Phi) is 4.85. The van der Waals surface area contributed by atoms with Crippen molar-refractivity contribution in [3.05, 3.63) is 59.1 Å². The van der Waals surface area contributed by atoms with Crippen LogP contribution >= 0.6 is 11.6 Å². The van der Waals surface area contributed by atoms with E-state index in [0.717, 1.165) is 5.75 Å². The first kappa shape index (κ1) is 14.2. The van der Waals surface area contributed by atoms with Gasteiger partial charge in [-0.1, -0.05) is 35.9 Å². The van der Waals surface area contributed by atoms with Crippen molar-refractivity contribution in [1.29, 1.82) is 0 Å². The average molecular weight is 291 g/mol. The summed E-state index contributed by atoms with van der Waals surface area (Å²) < 4.78 is 5.47. The fourth-order valence-electron chi connectivity index (χ4n) is 1.68. The molecule has 0 heterocycles. The van der Waals surface area contributed by atoms with Gasteiger partial charge in [0.05, 0.1) is 22.8 Å². The average Bonchev–Trinajstić information content (AvgIpc) is 2.47. The summed E-state index contributed by atoms with van der Waals surface area (Å²) in [4.78, 5) is 11.9. The van der Waals surface area contributed by atoms with Gasteiger partial charge in [0.2, 0.25) is 0 Å². The highest BCUT2D eigenvalue weighted by atomic mass is 35.5. The molecular weight excluding hydrogens is 276 g/mol. The molecular formula is C15H15ClN2O2. The Bertz CT molecular complexity index is 588. The molecule has 0 aliphatic carbocycles. The molecule has 0 unspecified atom stereocenters. The lowest BCUT2D eigenvalue weighted by Crippen LogP contribution is -2.28. The van der Waals surface area contributed by atoms with E-state index in [1.54, 1.807) is 18.2 Å². The fourth-order valence-corrected chi connectivity index (χ4v) is 1.85. The number of benzene rings is 2. The van der Waals surface area contributed by atoms with Crippen LogP contribution in [-0.2, 0) is 0 Å². The van der Waals surface area contributed by atoms with Crippen molar-refractivity contribution in [3.8, 4) is 5.75 Å². The van der Waals surface area contributed by atoms with E-state index in [9.17, 15) is 4.79 Å². The van der Waals surface area contributed by atoms with Gasteiger partial charge in [0, 0.05) is 0 Å². The van der Waals surface area contributed by atoms with Crippen LogP contribution in [0.15, 0.2) is 48.5 Å². The number of hydrogen-bond acceptors (Lipinski definition) is 3. The van der Waals surface area contributed by atoms with Gasteiger partial charge in [-0.05, 0) is 24.3 Å². The quantitative estimate of drug-likeness (QED) is 0.657. The second kappa shape index (κ2) is 6.82. The van der Waals surface area contributed by atoms with Crippen molar-refractivity contribution >= 4 is 23.2 Å². The van der Waals surface area contributed by atoms with Crippen LogP contribution in [0.4, 0.5) is 5.69 Å². The molecule has 0 saturated heterocycles. The normalized spacial score (nSPS) is 10.1. The third-order valence-corrected chi connectivity index (χ3v) is 3.03. The third-order valence-electron chi connectivity index (χ3n) is 2.70. The number of halogens is 1. The van der Waals surface area contributed by atoms with Crippen LogP contribution in [0.5, 0.6) is 5.75 Å². The Morgan fingerprint density at radius 3 is 2.65 bits per heavy atom. The van der Waals surface area contributed by atoms with Crippen molar-refractivity contribution in [2.75, 3.05) is 18.9 Å². The Morgan fingerprint density at radius 2 is 1.90 bits per heavy atom.